The molecule has 0 bridgehead atoms. The van der Waals surface area contributed by atoms with Gasteiger partial charge in [0.05, 0.1) is 0 Å². The van der Waals surface area contributed by atoms with Crippen LogP contribution in [-0.2, 0) is 9.53 Å². The molecule has 0 spiro atoms. The van der Waals surface area contributed by atoms with E-state index in [2.05, 4.69) is 20.8 Å². The predicted octanol–water partition coefficient (Wildman–Crippen LogP) is 3.54. The summed E-state index contributed by atoms with van der Waals surface area (Å²) >= 11 is 0. The molecule has 0 aromatic carbocycles. The molecule has 0 heterocycles. The zero-order valence-corrected chi connectivity index (χ0v) is 10.5. The first-order valence-corrected chi connectivity index (χ1v) is 6.04. The van der Waals surface area contributed by atoms with Crippen LogP contribution in [0.4, 0.5) is 0 Å². The van der Waals surface area contributed by atoms with E-state index in [0.29, 0.717) is 5.41 Å². The average Bonchev–Trinajstić information content (AvgIpc) is 2.05. The maximum Gasteiger partial charge on any atom is 0.302 e. The number of carbonyl (C=O) groups is 1. The van der Waals surface area contributed by atoms with Crippen LogP contribution in [0.2, 0.25) is 0 Å². The van der Waals surface area contributed by atoms with Crippen LogP contribution in [0.25, 0.3) is 0 Å². The van der Waals surface area contributed by atoms with Crippen LogP contribution in [0.5, 0.6) is 0 Å². The second-order valence-electron chi connectivity index (χ2n) is 6.02. The van der Waals surface area contributed by atoms with Crippen molar-refractivity contribution in [1.29, 1.82) is 0 Å². The van der Waals surface area contributed by atoms with Gasteiger partial charge in [-0.05, 0) is 43.4 Å². The summed E-state index contributed by atoms with van der Waals surface area (Å²) in [4.78, 5) is 10.8. The summed E-state index contributed by atoms with van der Waals surface area (Å²) in [6.45, 7) is 8.39. The minimum Gasteiger partial charge on any atom is -0.463 e. The highest BCUT2D eigenvalue weighted by Gasteiger charge is 2.26. The Balaban J connectivity index is 2.27. The molecular weight excluding hydrogens is 188 g/mol. The van der Waals surface area contributed by atoms with Gasteiger partial charge in [0.15, 0.2) is 0 Å². The molecule has 0 saturated heterocycles. The van der Waals surface area contributed by atoms with Gasteiger partial charge in [-0.25, -0.2) is 0 Å². The van der Waals surface area contributed by atoms with Crippen molar-refractivity contribution in [2.75, 3.05) is 0 Å². The SMILES string of the molecule is CC(=O)OC1CCC(CC(C)(C)C)CC1. The van der Waals surface area contributed by atoms with Gasteiger partial charge in [-0.1, -0.05) is 20.8 Å². The van der Waals surface area contributed by atoms with E-state index in [1.165, 1.54) is 26.2 Å². The van der Waals surface area contributed by atoms with E-state index in [0.717, 1.165) is 18.8 Å². The lowest BCUT2D eigenvalue weighted by Gasteiger charge is -2.32. The van der Waals surface area contributed by atoms with Gasteiger partial charge in [-0.2, -0.15) is 0 Å². The summed E-state index contributed by atoms with van der Waals surface area (Å²) in [5.74, 6) is 0.700. The first-order chi connectivity index (χ1) is 6.87. The van der Waals surface area contributed by atoms with Crippen molar-refractivity contribution < 1.29 is 9.53 Å². The molecule has 0 unspecified atom stereocenters. The summed E-state index contributed by atoms with van der Waals surface area (Å²) in [5, 5.41) is 0. The Morgan fingerprint density at radius 2 is 1.73 bits per heavy atom. The molecule has 1 aliphatic rings. The van der Waals surface area contributed by atoms with E-state index in [4.69, 9.17) is 4.74 Å². The Morgan fingerprint density at radius 1 is 1.20 bits per heavy atom. The minimum atomic E-state index is -0.130. The molecule has 1 saturated carbocycles. The molecule has 1 aliphatic carbocycles. The topological polar surface area (TPSA) is 26.3 Å². The van der Waals surface area contributed by atoms with Gasteiger partial charge >= 0.3 is 5.97 Å². The molecule has 0 N–H and O–H groups in total. The fraction of sp³-hybridized carbons (Fsp3) is 0.923. The zero-order valence-electron chi connectivity index (χ0n) is 10.5. The van der Waals surface area contributed by atoms with Crippen molar-refractivity contribution in [1.82, 2.24) is 0 Å². The highest BCUT2D eigenvalue weighted by Crippen LogP contribution is 2.34. The van der Waals surface area contributed by atoms with Crippen LogP contribution in [0, 0.1) is 11.3 Å². The van der Waals surface area contributed by atoms with E-state index in [9.17, 15) is 4.79 Å². The van der Waals surface area contributed by atoms with Gasteiger partial charge in [-0.15, -0.1) is 0 Å². The van der Waals surface area contributed by atoms with Gasteiger partial charge in [0.1, 0.15) is 6.10 Å². The Labute approximate surface area is 93.4 Å². The molecule has 0 atom stereocenters. The minimum absolute atomic E-state index is 0.130. The van der Waals surface area contributed by atoms with Crippen molar-refractivity contribution >= 4 is 5.97 Å². The van der Waals surface area contributed by atoms with E-state index >= 15 is 0 Å². The largest absolute Gasteiger partial charge is 0.463 e. The second-order valence-corrected chi connectivity index (χ2v) is 6.02. The molecule has 1 fully saturated rings. The van der Waals surface area contributed by atoms with Crippen LogP contribution in [0.15, 0.2) is 0 Å². The molecule has 88 valence electrons. The molecule has 0 aromatic rings. The van der Waals surface area contributed by atoms with Crippen LogP contribution in [-0.4, -0.2) is 12.1 Å². The van der Waals surface area contributed by atoms with Crippen LogP contribution in [0.1, 0.15) is 59.8 Å². The fourth-order valence-electron chi connectivity index (χ4n) is 2.55. The molecule has 2 nitrogen and oxygen atoms in total. The highest BCUT2D eigenvalue weighted by molar-refractivity contribution is 5.66. The molecule has 2 heteroatoms. The number of ether oxygens (including phenoxy) is 1. The van der Waals surface area contributed by atoms with Gasteiger partial charge in [-0.3, -0.25) is 4.79 Å². The third-order valence-electron chi connectivity index (χ3n) is 3.03. The van der Waals surface area contributed by atoms with Crippen molar-refractivity contribution in [2.24, 2.45) is 11.3 Å². The van der Waals surface area contributed by atoms with Gasteiger partial charge in [0.25, 0.3) is 0 Å². The summed E-state index contributed by atoms with van der Waals surface area (Å²) in [6, 6.07) is 0. The molecule has 0 aromatic heterocycles. The summed E-state index contributed by atoms with van der Waals surface area (Å²) in [6.07, 6.45) is 6.03. The van der Waals surface area contributed by atoms with Crippen LogP contribution in [0.3, 0.4) is 0 Å². The van der Waals surface area contributed by atoms with Crippen molar-refractivity contribution in [3.8, 4) is 0 Å². The molecule has 0 aliphatic heterocycles. The van der Waals surface area contributed by atoms with Crippen molar-refractivity contribution in [3.05, 3.63) is 0 Å². The predicted molar refractivity (Wildman–Crippen MR) is 61.6 cm³/mol. The maximum atomic E-state index is 10.8. The van der Waals surface area contributed by atoms with E-state index in [-0.39, 0.29) is 12.1 Å². The van der Waals surface area contributed by atoms with Crippen LogP contribution >= 0.6 is 0 Å². The number of carbonyl (C=O) groups excluding carboxylic acids is 1. The quantitative estimate of drug-likeness (QED) is 0.654. The molecule has 0 amide bonds. The maximum absolute atomic E-state index is 10.8. The number of hydrogen-bond donors (Lipinski definition) is 0. The van der Waals surface area contributed by atoms with Gasteiger partial charge < -0.3 is 4.74 Å². The van der Waals surface area contributed by atoms with Gasteiger partial charge in [0, 0.05) is 6.92 Å². The monoisotopic (exact) mass is 212 g/mol. The summed E-state index contributed by atoms with van der Waals surface area (Å²) in [7, 11) is 0. The third kappa shape index (κ3) is 5.19. The first kappa shape index (κ1) is 12.5. The molecular formula is C13H24O2. The smallest absolute Gasteiger partial charge is 0.302 e. The average molecular weight is 212 g/mol. The number of rotatable bonds is 2. The molecule has 1 rings (SSSR count). The zero-order chi connectivity index (χ0) is 11.5. The Kier molecular flexibility index (Phi) is 4.18. The molecule has 0 radical (unpaired) electrons. The first-order valence-electron chi connectivity index (χ1n) is 6.04. The van der Waals surface area contributed by atoms with E-state index < -0.39 is 0 Å². The lowest BCUT2D eigenvalue weighted by Crippen LogP contribution is -2.25. The van der Waals surface area contributed by atoms with E-state index in [1.807, 2.05) is 0 Å². The second kappa shape index (κ2) is 5.00. The summed E-state index contributed by atoms with van der Waals surface area (Å²) < 4.78 is 5.23. The Hall–Kier alpha value is -0.530. The van der Waals surface area contributed by atoms with Gasteiger partial charge in [0.2, 0.25) is 0 Å². The highest BCUT2D eigenvalue weighted by atomic mass is 16.5. The van der Waals surface area contributed by atoms with Crippen LogP contribution < -0.4 is 0 Å². The fourth-order valence-corrected chi connectivity index (χ4v) is 2.55. The lowest BCUT2D eigenvalue weighted by molar-refractivity contribution is -0.148. The Bertz CT molecular complexity index is 207. The van der Waals surface area contributed by atoms with E-state index in [1.54, 1.807) is 0 Å². The number of esters is 1. The third-order valence-corrected chi connectivity index (χ3v) is 3.03. The molecule has 15 heavy (non-hydrogen) atoms. The standard InChI is InChI=1S/C13H24O2/c1-10(14)15-12-7-5-11(6-8-12)9-13(2,3)4/h11-12H,5-9H2,1-4H3. The lowest BCUT2D eigenvalue weighted by atomic mass is 9.77. The Morgan fingerprint density at radius 3 is 2.13 bits per heavy atom. The van der Waals surface area contributed by atoms with Crippen molar-refractivity contribution in [3.63, 3.8) is 0 Å². The van der Waals surface area contributed by atoms with Crippen molar-refractivity contribution in [2.45, 2.75) is 65.9 Å². The number of hydrogen-bond acceptors (Lipinski definition) is 2. The summed E-state index contributed by atoms with van der Waals surface area (Å²) in [5.41, 5.74) is 0.430. The normalized spacial score (nSPS) is 27.5.